The third-order valence-electron chi connectivity index (χ3n) is 6.98. The van der Waals surface area contributed by atoms with E-state index in [1.165, 1.54) is 4.70 Å². The molecule has 11 heteroatoms. The summed E-state index contributed by atoms with van der Waals surface area (Å²) in [6.45, 7) is 9.21. The van der Waals surface area contributed by atoms with Crippen molar-refractivity contribution in [2.75, 3.05) is 38.2 Å². The van der Waals surface area contributed by atoms with Gasteiger partial charge in [0.05, 0.1) is 22.9 Å². The predicted octanol–water partition coefficient (Wildman–Crippen LogP) is 3.80. The van der Waals surface area contributed by atoms with E-state index in [-0.39, 0.29) is 11.1 Å². The first-order valence-corrected chi connectivity index (χ1v) is 13.5. The van der Waals surface area contributed by atoms with Gasteiger partial charge in [-0.25, -0.2) is 9.67 Å². The number of anilines is 1. The van der Waals surface area contributed by atoms with E-state index in [0.29, 0.717) is 11.4 Å². The van der Waals surface area contributed by atoms with Crippen molar-refractivity contribution in [2.45, 2.75) is 32.4 Å². The fourth-order valence-electron chi connectivity index (χ4n) is 5.04. The molecule has 3 aromatic heterocycles. The van der Waals surface area contributed by atoms with Crippen molar-refractivity contribution < 1.29 is 4.74 Å². The highest BCUT2D eigenvalue weighted by Crippen LogP contribution is 2.33. The largest absolute Gasteiger partial charge is 0.497 e. The number of hydrogen-bond acceptors (Lipinski definition) is 9. The molecule has 1 saturated heterocycles. The third-order valence-corrected chi connectivity index (χ3v) is 8.08. The summed E-state index contributed by atoms with van der Waals surface area (Å²) in [5.74, 6) is 1.38. The number of benzene rings is 2. The number of piperazine rings is 1. The number of nitrogens with zero attached hydrogens (tertiary/aromatic N) is 7. The Morgan fingerprint density at radius 3 is 2.58 bits per heavy atom. The molecule has 4 heterocycles. The minimum absolute atomic E-state index is 0.148. The number of pyridine rings is 1. The highest BCUT2D eigenvalue weighted by Gasteiger charge is 2.35. The van der Waals surface area contributed by atoms with Gasteiger partial charge in [-0.1, -0.05) is 23.5 Å². The van der Waals surface area contributed by atoms with Gasteiger partial charge in [0.15, 0.2) is 11.0 Å². The average molecular weight is 531 g/mol. The molecule has 2 aromatic carbocycles. The molecule has 1 N–H and O–H groups in total. The number of methoxy groups -OCH3 is 1. The van der Waals surface area contributed by atoms with Crippen LogP contribution in [0.25, 0.3) is 21.1 Å². The van der Waals surface area contributed by atoms with Crippen molar-refractivity contribution in [3.63, 3.8) is 0 Å². The van der Waals surface area contributed by atoms with Crippen LogP contribution in [0.2, 0.25) is 0 Å². The predicted molar refractivity (Wildman–Crippen MR) is 149 cm³/mol. The first kappa shape index (κ1) is 24.5. The molecular formula is C27H30N8O2S. The second kappa shape index (κ2) is 9.48. The number of tetrazole rings is 1. The number of para-hydroxylation sites is 1. The summed E-state index contributed by atoms with van der Waals surface area (Å²) in [4.78, 5) is 26.0. The van der Waals surface area contributed by atoms with Gasteiger partial charge in [-0.3, -0.25) is 9.69 Å². The molecule has 0 bridgehead atoms. The maximum Gasteiger partial charge on any atom is 0.253 e. The Morgan fingerprint density at radius 2 is 1.84 bits per heavy atom. The summed E-state index contributed by atoms with van der Waals surface area (Å²) < 4.78 is 8.44. The molecule has 0 spiro atoms. The van der Waals surface area contributed by atoms with E-state index >= 15 is 0 Å². The van der Waals surface area contributed by atoms with Crippen LogP contribution in [0.4, 0.5) is 5.13 Å². The van der Waals surface area contributed by atoms with Crippen LogP contribution in [-0.2, 0) is 5.54 Å². The molecule has 38 heavy (non-hydrogen) atoms. The number of hydrogen-bond donors (Lipinski definition) is 1. The number of thiazole rings is 1. The summed E-state index contributed by atoms with van der Waals surface area (Å²) in [7, 11) is 1.64. The lowest BCUT2D eigenvalue weighted by Gasteiger charge is -2.39. The lowest BCUT2D eigenvalue weighted by molar-refractivity contribution is 0.190. The van der Waals surface area contributed by atoms with Crippen LogP contribution in [0.3, 0.4) is 0 Å². The lowest BCUT2D eigenvalue weighted by atomic mass is 10.0. The quantitative estimate of drug-likeness (QED) is 0.366. The van der Waals surface area contributed by atoms with E-state index in [1.807, 2.05) is 41.1 Å². The zero-order valence-corrected chi connectivity index (χ0v) is 22.7. The summed E-state index contributed by atoms with van der Waals surface area (Å²) in [5, 5.41) is 14.7. The van der Waals surface area contributed by atoms with Crippen LogP contribution in [-0.4, -0.2) is 68.4 Å². The van der Waals surface area contributed by atoms with Crippen LogP contribution < -0.4 is 15.2 Å². The smallest absolute Gasteiger partial charge is 0.253 e. The van der Waals surface area contributed by atoms with E-state index in [9.17, 15) is 4.79 Å². The summed E-state index contributed by atoms with van der Waals surface area (Å²) >= 11 is 1.71. The van der Waals surface area contributed by atoms with Gasteiger partial charge in [0, 0.05) is 42.6 Å². The molecule has 196 valence electrons. The fourth-order valence-corrected chi connectivity index (χ4v) is 6.06. The van der Waals surface area contributed by atoms with Crippen LogP contribution in [0.15, 0.2) is 53.3 Å². The minimum Gasteiger partial charge on any atom is -0.497 e. The van der Waals surface area contributed by atoms with Gasteiger partial charge in [0.1, 0.15) is 11.8 Å². The minimum atomic E-state index is -0.416. The second-order valence-electron chi connectivity index (χ2n) is 10.5. The fraction of sp³-hybridized carbons (Fsp3) is 0.370. The van der Waals surface area contributed by atoms with Crippen LogP contribution >= 0.6 is 11.3 Å². The number of ether oxygens (including phenoxy) is 1. The number of H-pyrrole nitrogens is 1. The van der Waals surface area contributed by atoms with Crippen LogP contribution in [0.1, 0.15) is 38.2 Å². The van der Waals surface area contributed by atoms with Gasteiger partial charge in [-0.2, -0.15) is 0 Å². The first-order valence-electron chi connectivity index (χ1n) is 12.7. The molecule has 6 rings (SSSR count). The Labute approximate surface area is 223 Å². The Balaban J connectivity index is 1.39. The Kier molecular flexibility index (Phi) is 6.11. The van der Waals surface area contributed by atoms with Crippen molar-refractivity contribution >= 4 is 37.6 Å². The molecule has 0 radical (unpaired) electrons. The van der Waals surface area contributed by atoms with Crippen LogP contribution in [0.5, 0.6) is 5.75 Å². The molecule has 5 aromatic rings. The van der Waals surface area contributed by atoms with Gasteiger partial charge in [-0.15, -0.1) is 5.10 Å². The molecule has 1 aliphatic rings. The third kappa shape index (κ3) is 4.41. The van der Waals surface area contributed by atoms with Gasteiger partial charge < -0.3 is 14.6 Å². The lowest BCUT2D eigenvalue weighted by Crippen LogP contribution is -2.49. The molecule has 1 aliphatic heterocycles. The summed E-state index contributed by atoms with van der Waals surface area (Å²) in [6.07, 6.45) is 0. The van der Waals surface area contributed by atoms with Gasteiger partial charge in [0.25, 0.3) is 5.56 Å². The molecule has 10 nitrogen and oxygen atoms in total. The van der Waals surface area contributed by atoms with E-state index < -0.39 is 6.04 Å². The molecule has 1 fully saturated rings. The zero-order valence-electron chi connectivity index (χ0n) is 21.9. The van der Waals surface area contributed by atoms with E-state index in [1.54, 1.807) is 18.4 Å². The van der Waals surface area contributed by atoms with E-state index in [4.69, 9.17) is 9.72 Å². The zero-order chi connectivity index (χ0) is 26.4. The molecule has 0 amide bonds. The molecular weight excluding hydrogens is 500 g/mol. The highest BCUT2D eigenvalue weighted by molar-refractivity contribution is 7.22. The normalized spacial score (nSPS) is 15.8. The second-order valence-corrected chi connectivity index (χ2v) is 11.5. The van der Waals surface area contributed by atoms with Gasteiger partial charge in [0.2, 0.25) is 0 Å². The maximum atomic E-state index is 13.5. The first-order chi connectivity index (χ1) is 18.3. The highest BCUT2D eigenvalue weighted by atomic mass is 32.1. The number of rotatable bonds is 5. The monoisotopic (exact) mass is 530 g/mol. The molecule has 0 saturated carbocycles. The maximum absolute atomic E-state index is 13.5. The van der Waals surface area contributed by atoms with Crippen molar-refractivity contribution in [1.82, 2.24) is 35.1 Å². The van der Waals surface area contributed by atoms with Crippen molar-refractivity contribution in [3.8, 4) is 5.75 Å². The number of fused-ring (bicyclic) bond motifs is 2. The standard InChI is InChI=1S/C27H30N8O2S/c1-27(2,3)35-24(30-31-32-35)23(19-16-17-15-18(37-4)9-10-20(17)28-25(19)36)33-11-13-34(14-12-33)26-29-21-7-5-6-8-22(21)38-26/h5-10,15-16,23H,11-14H2,1-4H3,(H,28,36)/t23-/m0/s1. The molecule has 0 unspecified atom stereocenters. The van der Waals surface area contributed by atoms with Crippen molar-refractivity contribution in [2.24, 2.45) is 0 Å². The summed E-state index contributed by atoms with van der Waals surface area (Å²) in [6, 6.07) is 15.4. The Morgan fingerprint density at radius 1 is 1.05 bits per heavy atom. The van der Waals surface area contributed by atoms with E-state index in [2.05, 4.69) is 63.2 Å². The Hall–Kier alpha value is -3.83. The number of aromatic nitrogens is 6. The number of aromatic amines is 1. The Bertz CT molecular complexity index is 1630. The summed E-state index contributed by atoms with van der Waals surface area (Å²) in [5.41, 5.74) is 1.89. The topological polar surface area (TPSA) is 105 Å². The van der Waals surface area contributed by atoms with E-state index in [0.717, 1.165) is 53.5 Å². The van der Waals surface area contributed by atoms with Crippen molar-refractivity contribution in [3.05, 3.63) is 70.3 Å². The SMILES string of the molecule is COc1ccc2[nH]c(=O)c([C@@H](c3nnnn3C(C)(C)C)N3CCN(c4nc5ccccc5s4)CC3)cc2c1. The molecule has 1 atom stereocenters. The van der Waals surface area contributed by atoms with Crippen LogP contribution in [0, 0.1) is 0 Å². The van der Waals surface area contributed by atoms with Gasteiger partial charge >= 0.3 is 0 Å². The number of nitrogens with one attached hydrogen (secondary N) is 1. The van der Waals surface area contributed by atoms with Gasteiger partial charge in [-0.05, 0) is 67.6 Å². The van der Waals surface area contributed by atoms with Crippen molar-refractivity contribution in [1.29, 1.82) is 0 Å². The average Bonchev–Trinajstić information content (AvgIpc) is 3.57. The molecule has 0 aliphatic carbocycles.